The lowest BCUT2D eigenvalue weighted by Gasteiger charge is -2.07. The van der Waals surface area contributed by atoms with Crippen molar-refractivity contribution in [1.82, 2.24) is 4.98 Å². The van der Waals surface area contributed by atoms with Gasteiger partial charge in [-0.1, -0.05) is 24.3 Å². The zero-order chi connectivity index (χ0) is 15.0. The molecule has 0 aliphatic heterocycles. The van der Waals surface area contributed by atoms with Crippen molar-refractivity contribution in [2.75, 3.05) is 0 Å². The van der Waals surface area contributed by atoms with Crippen molar-refractivity contribution in [3.63, 3.8) is 0 Å². The molecule has 2 aromatic carbocycles. The van der Waals surface area contributed by atoms with Gasteiger partial charge in [0.1, 0.15) is 17.2 Å². The molecule has 0 aliphatic rings. The number of pyridine rings is 1. The highest BCUT2D eigenvalue weighted by molar-refractivity contribution is 6.03. The van der Waals surface area contributed by atoms with E-state index in [0.717, 1.165) is 0 Å². The smallest absolute Gasteiger partial charge is 0.336 e. The Labute approximate surface area is 118 Å². The van der Waals surface area contributed by atoms with Crippen LogP contribution in [0.5, 0.6) is 0 Å². The first kappa shape index (κ1) is 13.2. The van der Waals surface area contributed by atoms with E-state index in [-0.39, 0.29) is 22.2 Å². The van der Waals surface area contributed by atoms with Gasteiger partial charge in [-0.2, -0.15) is 0 Å². The maximum atomic E-state index is 13.9. The molecule has 0 saturated carbocycles. The van der Waals surface area contributed by atoms with Crippen molar-refractivity contribution < 1.29 is 18.7 Å². The maximum absolute atomic E-state index is 13.9. The van der Waals surface area contributed by atoms with Crippen molar-refractivity contribution in [3.8, 4) is 11.3 Å². The van der Waals surface area contributed by atoms with Gasteiger partial charge in [-0.15, -0.1) is 0 Å². The zero-order valence-corrected chi connectivity index (χ0v) is 10.7. The van der Waals surface area contributed by atoms with E-state index in [1.807, 2.05) is 0 Å². The molecule has 1 heterocycles. The first-order chi connectivity index (χ1) is 10.1. The van der Waals surface area contributed by atoms with Gasteiger partial charge in [-0.05, 0) is 24.3 Å². The third-order valence-corrected chi connectivity index (χ3v) is 3.14. The van der Waals surface area contributed by atoms with E-state index in [1.54, 1.807) is 6.07 Å². The van der Waals surface area contributed by atoms with E-state index in [9.17, 15) is 18.7 Å². The van der Waals surface area contributed by atoms with Crippen LogP contribution in [0.3, 0.4) is 0 Å². The quantitative estimate of drug-likeness (QED) is 0.777. The van der Waals surface area contributed by atoms with Crippen LogP contribution in [0.4, 0.5) is 8.78 Å². The predicted molar refractivity (Wildman–Crippen MR) is 74.1 cm³/mol. The Kier molecular flexibility index (Phi) is 3.10. The van der Waals surface area contributed by atoms with Crippen molar-refractivity contribution in [1.29, 1.82) is 0 Å². The number of hydrogen-bond donors (Lipinski definition) is 1. The molecular weight excluding hydrogens is 276 g/mol. The standard InChI is InChI=1S/C16H9F2NO2/c17-10-4-1-3-9(7-10)14-8-12(16(20)21)11-5-2-6-13(18)15(11)19-14/h1-8H,(H,20,21). The zero-order valence-electron chi connectivity index (χ0n) is 10.7. The number of halogens is 2. The number of rotatable bonds is 2. The Bertz CT molecular complexity index is 862. The fraction of sp³-hybridized carbons (Fsp3) is 0. The average Bonchev–Trinajstić information content (AvgIpc) is 2.46. The number of aromatic nitrogens is 1. The summed E-state index contributed by atoms with van der Waals surface area (Å²) in [5, 5.41) is 9.49. The van der Waals surface area contributed by atoms with Gasteiger partial charge >= 0.3 is 5.97 Å². The summed E-state index contributed by atoms with van der Waals surface area (Å²) >= 11 is 0. The third kappa shape index (κ3) is 2.33. The molecule has 21 heavy (non-hydrogen) atoms. The van der Waals surface area contributed by atoms with Gasteiger partial charge in [-0.25, -0.2) is 18.6 Å². The Morgan fingerprint density at radius 2 is 1.81 bits per heavy atom. The molecule has 0 aliphatic carbocycles. The monoisotopic (exact) mass is 285 g/mol. The molecule has 1 aromatic heterocycles. The molecule has 104 valence electrons. The summed E-state index contributed by atoms with van der Waals surface area (Å²) in [5.41, 5.74) is 0.488. The minimum absolute atomic E-state index is 0.0448. The average molecular weight is 285 g/mol. The first-order valence-corrected chi connectivity index (χ1v) is 6.15. The lowest BCUT2D eigenvalue weighted by Crippen LogP contribution is -2.01. The molecule has 0 fully saturated rings. The van der Waals surface area contributed by atoms with Crippen LogP contribution in [0.2, 0.25) is 0 Å². The molecule has 0 amide bonds. The Morgan fingerprint density at radius 1 is 1.05 bits per heavy atom. The van der Waals surface area contributed by atoms with Crippen LogP contribution in [0.1, 0.15) is 10.4 Å². The second-order valence-corrected chi connectivity index (χ2v) is 4.51. The molecule has 0 radical (unpaired) electrons. The summed E-state index contributed by atoms with van der Waals surface area (Å²) in [7, 11) is 0. The minimum atomic E-state index is -1.19. The van der Waals surface area contributed by atoms with Crippen LogP contribution >= 0.6 is 0 Å². The topological polar surface area (TPSA) is 50.2 Å². The minimum Gasteiger partial charge on any atom is -0.478 e. The van der Waals surface area contributed by atoms with Crippen LogP contribution in [-0.2, 0) is 0 Å². The predicted octanol–water partition coefficient (Wildman–Crippen LogP) is 3.88. The second kappa shape index (κ2) is 4.94. The fourth-order valence-electron chi connectivity index (χ4n) is 2.19. The van der Waals surface area contributed by atoms with Crippen molar-refractivity contribution >= 4 is 16.9 Å². The van der Waals surface area contributed by atoms with Crippen molar-refractivity contribution in [2.45, 2.75) is 0 Å². The molecule has 3 aromatic rings. The lowest BCUT2D eigenvalue weighted by molar-refractivity contribution is 0.0699. The molecule has 5 heteroatoms. The maximum Gasteiger partial charge on any atom is 0.336 e. The van der Waals surface area contributed by atoms with Crippen LogP contribution in [0.15, 0.2) is 48.5 Å². The summed E-state index contributed by atoms with van der Waals surface area (Å²) in [6.07, 6.45) is 0. The number of para-hydroxylation sites is 1. The Morgan fingerprint density at radius 3 is 2.52 bits per heavy atom. The molecule has 0 atom stereocenters. The van der Waals surface area contributed by atoms with Crippen LogP contribution in [0.25, 0.3) is 22.2 Å². The van der Waals surface area contributed by atoms with E-state index in [1.165, 1.54) is 42.5 Å². The number of nitrogens with zero attached hydrogens (tertiary/aromatic N) is 1. The number of carboxylic acids is 1. The van der Waals surface area contributed by atoms with Crippen molar-refractivity contribution in [2.24, 2.45) is 0 Å². The van der Waals surface area contributed by atoms with Gasteiger partial charge in [0.2, 0.25) is 0 Å². The van der Waals surface area contributed by atoms with E-state index >= 15 is 0 Å². The summed E-state index contributed by atoms with van der Waals surface area (Å²) < 4.78 is 27.2. The third-order valence-electron chi connectivity index (χ3n) is 3.14. The Balaban J connectivity index is 2.35. The molecule has 1 N–H and O–H groups in total. The number of benzene rings is 2. The van der Waals surface area contributed by atoms with Crippen molar-refractivity contribution in [3.05, 3.63) is 65.7 Å². The SMILES string of the molecule is O=C(O)c1cc(-c2cccc(F)c2)nc2c(F)cccc12. The summed E-state index contributed by atoms with van der Waals surface area (Å²) in [6, 6.07) is 11.0. The van der Waals surface area contributed by atoms with E-state index in [2.05, 4.69) is 4.98 Å². The highest BCUT2D eigenvalue weighted by Gasteiger charge is 2.15. The van der Waals surface area contributed by atoms with Gasteiger partial charge < -0.3 is 5.11 Å². The van der Waals surface area contributed by atoms with Crippen LogP contribution < -0.4 is 0 Å². The number of carboxylic acid groups (broad SMARTS) is 1. The molecule has 3 nitrogen and oxygen atoms in total. The second-order valence-electron chi connectivity index (χ2n) is 4.51. The molecule has 0 spiro atoms. The summed E-state index contributed by atoms with van der Waals surface area (Å²) in [6.45, 7) is 0. The Hall–Kier alpha value is -2.82. The molecular formula is C16H9F2NO2. The molecule has 0 unspecified atom stereocenters. The van der Waals surface area contributed by atoms with Gasteiger partial charge in [0.05, 0.1) is 11.3 Å². The van der Waals surface area contributed by atoms with Crippen LogP contribution in [0, 0.1) is 11.6 Å². The van der Waals surface area contributed by atoms with Gasteiger partial charge in [0.25, 0.3) is 0 Å². The summed E-state index contributed by atoms with van der Waals surface area (Å²) in [4.78, 5) is 15.5. The number of carbonyl (C=O) groups is 1. The summed E-state index contributed by atoms with van der Waals surface area (Å²) in [5.74, 6) is -2.28. The highest BCUT2D eigenvalue weighted by atomic mass is 19.1. The number of fused-ring (bicyclic) bond motifs is 1. The highest BCUT2D eigenvalue weighted by Crippen LogP contribution is 2.26. The van der Waals surface area contributed by atoms with Gasteiger partial charge in [0.15, 0.2) is 0 Å². The van der Waals surface area contributed by atoms with Gasteiger partial charge in [0, 0.05) is 10.9 Å². The number of hydrogen-bond acceptors (Lipinski definition) is 2. The normalized spacial score (nSPS) is 10.8. The van der Waals surface area contributed by atoms with E-state index < -0.39 is 17.6 Å². The largest absolute Gasteiger partial charge is 0.478 e. The van der Waals surface area contributed by atoms with Gasteiger partial charge in [-0.3, -0.25) is 0 Å². The molecule has 0 bridgehead atoms. The lowest BCUT2D eigenvalue weighted by atomic mass is 10.0. The fourth-order valence-corrected chi connectivity index (χ4v) is 2.19. The van der Waals surface area contributed by atoms with E-state index in [0.29, 0.717) is 5.56 Å². The molecule has 0 saturated heterocycles. The van der Waals surface area contributed by atoms with Crippen LogP contribution in [-0.4, -0.2) is 16.1 Å². The molecule has 3 rings (SSSR count). The number of aromatic carboxylic acids is 1. The first-order valence-electron chi connectivity index (χ1n) is 6.15. The van der Waals surface area contributed by atoms with E-state index in [4.69, 9.17) is 0 Å².